The Kier molecular flexibility index (Phi) is 15.3. The van der Waals surface area contributed by atoms with Gasteiger partial charge in [0, 0.05) is 13.0 Å². The molecule has 0 aliphatic rings. The molecule has 1 aromatic carbocycles. The van der Waals surface area contributed by atoms with Gasteiger partial charge < -0.3 is 15.2 Å². The van der Waals surface area contributed by atoms with E-state index in [1.807, 2.05) is 0 Å². The standard InChI is InChI=1S/C20H32N2O5S.Na/c1-17(20(24)25)22-19(23)15-11-6-4-2-3-5-7-12-16-21-28(26,27)18-13-9-8-10-14-18;/h8-10,13-14,17,21H,2-7,11-12,15-16H2,1H3,(H,22,23)(H,24,25);/q;+1/p-1. The summed E-state index contributed by atoms with van der Waals surface area (Å²) in [6.45, 7) is 1.83. The number of amides is 1. The van der Waals surface area contributed by atoms with E-state index in [0.717, 1.165) is 51.4 Å². The fraction of sp³-hybridized carbons (Fsp3) is 0.600. The van der Waals surface area contributed by atoms with E-state index in [4.69, 9.17) is 0 Å². The predicted molar refractivity (Wildman–Crippen MR) is 106 cm³/mol. The molecular formula is C20H31N2NaO5S. The van der Waals surface area contributed by atoms with E-state index in [1.54, 1.807) is 30.3 Å². The van der Waals surface area contributed by atoms with Crippen molar-refractivity contribution in [2.45, 2.75) is 75.6 Å². The van der Waals surface area contributed by atoms with Gasteiger partial charge in [-0.2, -0.15) is 0 Å². The number of carbonyl (C=O) groups is 2. The average Bonchev–Trinajstić information content (AvgIpc) is 2.66. The molecule has 0 bridgehead atoms. The fourth-order valence-electron chi connectivity index (χ4n) is 2.73. The van der Waals surface area contributed by atoms with Crippen LogP contribution in [-0.2, 0) is 19.6 Å². The van der Waals surface area contributed by atoms with Crippen LogP contribution >= 0.6 is 0 Å². The molecule has 2 N–H and O–H groups in total. The van der Waals surface area contributed by atoms with E-state index in [2.05, 4.69) is 10.0 Å². The van der Waals surface area contributed by atoms with Gasteiger partial charge in [-0.1, -0.05) is 56.7 Å². The zero-order valence-corrected chi connectivity index (χ0v) is 20.3. The van der Waals surface area contributed by atoms with E-state index in [-0.39, 0.29) is 40.4 Å². The van der Waals surface area contributed by atoms with Gasteiger partial charge >= 0.3 is 29.6 Å². The van der Waals surface area contributed by atoms with Crippen LogP contribution in [0, 0.1) is 0 Å². The van der Waals surface area contributed by atoms with Gasteiger partial charge in [-0.3, -0.25) is 4.79 Å². The summed E-state index contributed by atoms with van der Waals surface area (Å²) in [5.41, 5.74) is 0. The van der Waals surface area contributed by atoms with Crippen molar-refractivity contribution in [2.24, 2.45) is 0 Å². The Morgan fingerprint density at radius 3 is 2.00 bits per heavy atom. The molecule has 9 heteroatoms. The fourth-order valence-corrected chi connectivity index (χ4v) is 3.83. The largest absolute Gasteiger partial charge is 1.00 e. The Balaban J connectivity index is 0.00000784. The number of nitrogens with one attached hydrogen (secondary N) is 2. The van der Waals surface area contributed by atoms with Crippen LogP contribution < -0.4 is 44.7 Å². The molecule has 0 heterocycles. The minimum absolute atomic E-state index is 0. The van der Waals surface area contributed by atoms with Gasteiger partial charge in [0.15, 0.2) is 0 Å². The van der Waals surface area contributed by atoms with Crippen molar-refractivity contribution in [3.8, 4) is 0 Å². The van der Waals surface area contributed by atoms with E-state index >= 15 is 0 Å². The van der Waals surface area contributed by atoms with Gasteiger partial charge in [-0.05, 0) is 31.9 Å². The molecule has 0 aromatic heterocycles. The van der Waals surface area contributed by atoms with Crippen molar-refractivity contribution in [2.75, 3.05) is 6.54 Å². The summed E-state index contributed by atoms with van der Waals surface area (Å²) in [6, 6.07) is 7.39. The second-order valence-electron chi connectivity index (χ2n) is 6.90. The summed E-state index contributed by atoms with van der Waals surface area (Å²) in [7, 11) is -3.41. The zero-order chi connectivity index (χ0) is 20.8. The first-order chi connectivity index (χ1) is 13.3. The van der Waals surface area contributed by atoms with Crippen LogP contribution in [0.3, 0.4) is 0 Å². The third-order valence-electron chi connectivity index (χ3n) is 4.41. The van der Waals surface area contributed by atoms with E-state index in [9.17, 15) is 23.1 Å². The molecule has 158 valence electrons. The normalized spacial score (nSPS) is 12.0. The third-order valence-corrected chi connectivity index (χ3v) is 5.88. The van der Waals surface area contributed by atoms with E-state index in [1.165, 1.54) is 6.92 Å². The number of hydrogen-bond acceptors (Lipinski definition) is 5. The number of carboxylic acid groups (broad SMARTS) is 1. The molecule has 0 aliphatic carbocycles. The monoisotopic (exact) mass is 434 g/mol. The van der Waals surface area contributed by atoms with Crippen molar-refractivity contribution >= 4 is 21.9 Å². The summed E-state index contributed by atoms with van der Waals surface area (Å²) in [5.74, 6) is -1.53. The first kappa shape index (κ1) is 28.1. The number of benzene rings is 1. The first-order valence-electron chi connectivity index (χ1n) is 9.88. The maximum absolute atomic E-state index is 12.0. The van der Waals surface area contributed by atoms with Crippen LogP contribution in [0.4, 0.5) is 0 Å². The van der Waals surface area contributed by atoms with Crippen LogP contribution in [0.15, 0.2) is 35.2 Å². The van der Waals surface area contributed by atoms with Crippen molar-refractivity contribution < 1.29 is 52.7 Å². The minimum atomic E-state index is -3.41. The molecule has 1 aromatic rings. The number of hydrogen-bond donors (Lipinski definition) is 2. The smallest absolute Gasteiger partial charge is 0.548 e. The maximum atomic E-state index is 12.0. The maximum Gasteiger partial charge on any atom is 1.00 e. The third kappa shape index (κ3) is 13.1. The van der Waals surface area contributed by atoms with Gasteiger partial charge in [-0.25, -0.2) is 13.1 Å². The molecular weight excluding hydrogens is 403 g/mol. The van der Waals surface area contributed by atoms with Gasteiger partial charge in [0.05, 0.1) is 16.9 Å². The van der Waals surface area contributed by atoms with Crippen molar-refractivity contribution in [3.63, 3.8) is 0 Å². The first-order valence-corrected chi connectivity index (χ1v) is 11.4. The molecule has 1 amide bonds. The van der Waals surface area contributed by atoms with Crippen LogP contribution in [0.25, 0.3) is 0 Å². The predicted octanol–water partition coefficient (Wildman–Crippen LogP) is -1.27. The summed E-state index contributed by atoms with van der Waals surface area (Å²) < 4.78 is 26.7. The number of unbranched alkanes of at least 4 members (excludes halogenated alkanes) is 7. The molecule has 1 unspecified atom stereocenters. The molecule has 0 saturated carbocycles. The number of sulfonamides is 1. The Labute approximate surface area is 196 Å². The average molecular weight is 435 g/mol. The van der Waals surface area contributed by atoms with Crippen LogP contribution in [0.5, 0.6) is 0 Å². The number of aliphatic carboxylic acids is 1. The molecule has 1 atom stereocenters. The molecule has 29 heavy (non-hydrogen) atoms. The van der Waals surface area contributed by atoms with E-state index < -0.39 is 22.0 Å². The summed E-state index contributed by atoms with van der Waals surface area (Å²) >= 11 is 0. The quantitative estimate of drug-likeness (QED) is 0.264. The van der Waals surface area contributed by atoms with Crippen molar-refractivity contribution in [1.29, 1.82) is 0 Å². The molecule has 0 saturated heterocycles. The number of carboxylic acids is 1. The summed E-state index contributed by atoms with van der Waals surface area (Å²) in [5, 5.41) is 12.9. The second kappa shape index (κ2) is 15.8. The van der Waals surface area contributed by atoms with Gasteiger partial charge in [0.2, 0.25) is 15.9 Å². The SMILES string of the molecule is CC(NC(=O)CCCCCCCCCCNS(=O)(=O)c1ccccc1)C(=O)[O-].[Na+]. The van der Waals surface area contributed by atoms with Gasteiger partial charge in [0.25, 0.3) is 0 Å². The minimum Gasteiger partial charge on any atom is -0.548 e. The summed E-state index contributed by atoms with van der Waals surface area (Å²) in [6.07, 6.45) is 8.03. The van der Waals surface area contributed by atoms with Crippen LogP contribution in [-0.4, -0.2) is 32.9 Å². The van der Waals surface area contributed by atoms with Crippen molar-refractivity contribution in [3.05, 3.63) is 30.3 Å². The topological polar surface area (TPSA) is 115 Å². The van der Waals surface area contributed by atoms with Crippen molar-refractivity contribution in [1.82, 2.24) is 10.0 Å². The molecule has 0 spiro atoms. The second-order valence-corrected chi connectivity index (χ2v) is 8.66. The Hall–Kier alpha value is -0.930. The van der Waals surface area contributed by atoms with E-state index in [0.29, 0.717) is 13.0 Å². The van der Waals surface area contributed by atoms with Gasteiger partial charge in [0.1, 0.15) is 0 Å². The molecule has 0 aliphatic heterocycles. The number of rotatable bonds is 15. The molecule has 7 nitrogen and oxygen atoms in total. The van der Waals surface area contributed by atoms with Gasteiger partial charge in [-0.15, -0.1) is 0 Å². The Bertz CT molecular complexity index is 698. The summed E-state index contributed by atoms with van der Waals surface area (Å²) in [4.78, 5) is 22.3. The Morgan fingerprint density at radius 1 is 0.931 bits per heavy atom. The molecule has 0 radical (unpaired) electrons. The Morgan fingerprint density at radius 2 is 1.45 bits per heavy atom. The molecule has 1 rings (SSSR count). The molecule has 0 fully saturated rings. The zero-order valence-electron chi connectivity index (χ0n) is 17.5. The number of carbonyl (C=O) groups excluding carboxylic acids is 2. The van der Waals surface area contributed by atoms with Crippen LogP contribution in [0.1, 0.15) is 64.7 Å². The van der Waals surface area contributed by atoms with Crippen LogP contribution in [0.2, 0.25) is 0 Å².